The molecule has 0 saturated carbocycles. The average molecular weight is 360 g/mol. The Kier molecular flexibility index (Phi) is 4.36. The molecule has 0 aliphatic heterocycles. The van der Waals surface area contributed by atoms with Crippen molar-refractivity contribution in [1.29, 1.82) is 0 Å². The topological polar surface area (TPSA) is 93.4 Å². The minimum absolute atomic E-state index is 0.362. The van der Waals surface area contributed by atoms with Gasteiger partial charge in [0.05, 0.1) is 18.5 Å². The van der Waals surface area contributed by atoms with Crippen LogP contribution in [0.1, 0.15) is 0 Å². The van der Waals surface area contributed by atoms with Gasteiger partial charge < -0.3 is 15.4 Å². The van der Waals surface area contributed by atoms with Crippen molar-refractivity contribution in [1.82, 2.24) is 19.8 Å². The van der Waals surface area contributed by atoms with Crippen LogP contribution in [0.3, 0.4) is 0 Å². The molecule has 0 aliphatic rings. The summed E-state index contributed by atoms with van der Waals surface area (Å²) < 4.78 is 6.84. The molecule has 0 aliphatic carbocycles. The maximum atomic E-state index is 12.3. The van der Waals surface area contributed by atoms with E-state index >= 15 is 0 Å². The van der Waals surface area contributed by atoms with Crippen LogP contribution < -0.4 is 15.4 Å². The van der Waals surface area contributed by atoms with E-state index in [4.69, 9.17) is 4.74 Å². The average Bonchev–Trinajstić information content (AvgIpc) is 3.16. The normalized spacial score (nSPS) is 10.6. The van der Waals surface area contributed by atoms with Crippen LogP contribution in [0.15, 0.2) is 67.0 Å². The summed E-state index contributed by atoms with van der Waals surface area (Å²) in [6.07, 6.45) is 1.54. The van der Waals surface area contributed by atoms with Crippen molar-refractivity contribution in [3.05, 3.63) is 67.0 Å². The predicted octanol–water partition coefficient (Wildman–Crippen LogP) is 3.44. The molecule has 2 amide bonds. The molecule has 0 saturated heterocycles. The fraction of sp³-hybridized carbons (Fsp3) is 0.0526. The number of rotatable bonds is 4. The minimum Gasteiger partial charge on any atom is -0.495 e. The SMILES string of the molecule is COc1ccccc1NC(=O)Nc1cccc(-c2ccc3nncn3n2)c1. The number of carbonyl (C=O) groups excluding carboxylic acids is 1. The van der Waals surface area contributed by atoms with Gasteiger partial charge in [-0.05, 0) is 36.4 Å². The lowest BCUT2D eigenvalue weighted by atomic mass is 10.1. The highest BCUT2D eigenvalue weighted by atomic mass is 16.5. The molecular formula is C19H16N6O2. The van der Waals surface area contributed by atoms with E-state index in [-0.39, 0.29) is 6.03 Å². The van der Waals surface area contributed by atoms with Crippen molar-refractivity contribution in [2.24, 2.45) is 0 Å². The maximum absolute atomic E-state index is 12.3. The molecule has 4 aromatic rings. The first-order valence-corrected chi connectivity index (χ1v) is 8.21. The summed E-state index contributed by atoms with van der Waals surface area (Å²) >= 11 is 0. The number of methoxy groups -OCH3 is 1. The largest absolute Gasteiger partial charge is 0.495 e. The third-order valence-electron chi connectivity index (χ3n) is 3.93. The Balaban J connectivity index is 1.53. The molecule has 0 spiro atoms. The molecule has 0 unspecified atom stereocenters. The van der Waals surface area contributed by atoms with E-state index in [1.54, 1.807) is 30.1 Å². The molecule has 0 fully saturated rings. The van der Waals surface area contributed by atoms with E-state index in [9.17, 15) is 4.79 Å². The van der Waals surface area contributed by atoms with Gasteiger partial charge in [-0.3, -0.25) is 0 Å². The number of ether oxygens (including phenoxy) is 1. The van der Waals surface area contributed by atoms with Crippen molar-refractivity contribution in [3.63, 3.8) is 0 Å². The molecule has 0 radical (unpaired) electrons. The second-order valence-corrected chi connectivity index (χ2v) is 5.71. The number of amides is 2. The number of fused-ring (bicyclic) bond motifs is 1. The monoisotopic (exact) mass is 360 g/mol. The van der Waals surface area contributed by atoms with E-state index in [1.807, 2.05) is 48.5 Å². The van der Waals surface area contributed by atoms with Gasteiger partial charge in [0.2, 0.25) is 0 Å². The molecule has 8 heteroatoms. The van der Waals surface area contributed by atoms with E-state index in [0.717, 1.165) is 11.3 Å². The molecule has 2 aromatic heterocycles. The number of carbonyl (C=O) groups is 1. The van der Waals surface area contributed by atoms with Crippen LogP contribution in [0.5, 0.6) is 5.75 Å². The number of hydrogen-bond donors (Lipinski definition) is 2. The first-order valence-electron chi connectivity index (χ1n) is 8.21. The highest BCUT2D eigenvalue weighted by Gasteiger charge is 2.08. The summed E-state index contributed by atoms with van der Waals surface area (Å²) in [5.74, 6) is 0.591. The number of aromatic nitrogens is 4. The molecule has 4 rings (SSSR count). The third-order valence-corrected chi connectivity index (χ3v) is 3.93. The number of nitrogens with one attached hydrogen (secondary N) is 2. The highest BCUT2D eigenvalue weighted by molar-refractivity contribution is 6.01. The molecule has 2 N–H and O–H groups in total. The Bertz CT molecular complexity index is 1110. The summed E-state index contributed by atoms with van der Waals surface area (Å²) in [7, 11) is 1.56. The van der Waals surface area contributed by atoms with Crippen LogP contribution in [0.25, 0.3) is 16.9 Å². The second kappa shape index (κ2) is 7.12. The predicted molar refractivity (Wildman–Crippen MR) is 102 cm³/mol. The number of hydrogen-bond acceptors (Lipinski definition) is 5. The van der Waals surface area contributed by atoms with E-state index in [2.05, 4.69) is 25.9 Å². The number of anilines is 2. The van der Waals surface area contributed by atoms with Crippen LogP contribution >= 0.6 is 0 Å². The van der Waals surface area contributed by atoms with Gasteiger partial charge in [-0.25, -0.2) is 4.79 Å². The van der Waals surface area contributed by atoms with Crippen molar-refractivity contribution < 1.29 is 9.53 Å². The van der Waals surface area contributed by atoms with Crippen molar-refractivity contribution in [2.45, 2.75) is 0 Å². The van der Waals surface area contributed by atoms with Gasteiger partial charge in [-0.1, -0.05) is 24.3 Å². The Labute approximate surface area is 154 Å². The molecule has 27 heavy (non-hydrogen) atoms. The number of urea groups is 1. The molecule has 2 aromatic carbocycles. The smallest absolute Gasteiger partial charge is 0.323 e. The fourth-order valence-corrected chi connectivity index (χ4v) is 2.67. The van der Waals surface area contributed by atoms with Gasteiger partial charge in [0.1, 0.15) is 12.1 Å². The lowest BCUT2D eigenvalue weighted by molar-refractivity contribution is 0.262. The summed E-state index contributed by atoms with van der Waals surface area (Å²) in [5.41, 5.74) is 3.51. The van der Waals surface area contributed by atoms with E-state index < -0.39 is 0 Å². The summed E-state index contributed by atoms with van der Waals surface area (Å²) in [5, 5.41) is 17.8. The van der Waals surface area contributed by atoms with E-state index in [0.29, 0.717) is 22.8 Å². The van der Waals surface area contributed by atoms with E-state index in [1.165, 1.54) is 0 Å². The molecule has 0 bridgehead atoms. The van der Waals surface area contributed by atoms with Crippen molar-refractivity contribution in [2.75, 3.05) is 17.7 Å². The van der Waals surface area contributed by atoms with Crippen LogP contribution in [0, 0.1) is 0 Å². The second-order valence-electron chi connectivity index (χ2n) is 5.71. The lowest BCUT2D eigenvalue weighted by Crippen LogP contribution is -2.19. The van der Waals surface area contributed by atoms with Gasteiger partial charge >= 0.3 is 6.03 Å². The highest BCUT2D eigenvalue weighted by Crippen LogP contribution is 2.24. The van der Waals surface area contributed by atoms with Crippen LogP contribution in [0.4, 0.5) is 16.2 Å². The van der Waals surface area contributed by atoms with Gasteiger partial charge in [-0.2, -0.15) is 9.61 Å². The molecule has 0 atom stereocenters. The van der Waals surface area contributed by atoms with Gasteiger partial charge in [-0.15, -0.1) is 10.2 Å². The van der Waals surface area contributed by atoms with Gasteiger partial charge in [0.25, 0.3) is 0 Å². The zero-order valence-corrected chi connectivity index (χ0v) is 14.5. The fourth-order valence-electron chi connectivity index (χ4n) is 2.67. The van der Waals surface area contributed by atoms with Crippen LogP contribution in [-0.2, 0) is 0 Å². The summed E-state index contributed by atoms with van der Waals surface area (Å²) in [4.78, 5) is 12.3. The Hall–Kier alpha value is -3.94. The van der Waals surface area contributed by atoms with Crippen molar-refractivity contribution in [3.8, 4) is 17.0 Å². The van der Waals surface area contributed by atoms with Gasteiger partial charge in [0.15, 0.2) is 5.65 Å². The molecule has 8 nitrogen and oxygen atoms in total. The molecular weight excluding hydrogens is 344 g/mol. The maximum Gasteiger partial charge on any atom is 0.323 e. The van der Waals surface area contributed by atoms with Gasteiger partial charge in [0, 0.05) is 11.3 Å². The third kappa shape index (κ3) is 3.54. The first kappa shape index (κ1) is 16.5. The zero-order valence-electron chi connectivity index (χ0n) is 14.5. The summed E-state index contributed by atoms with van der Waals surface area (Å²) in [6, 6.07) is 18.0. The Morgan fingerprint density at radius 2 is 1.93 bits per heavy atom. The first-order chi connectivity index (χ1) is 13.2. The zero-order chi connectivity index (χ0) is 18.6. The minimum atomic E-state index is -0.362. The summed E-state index contributed by atoms with van der Waals surface area (Å²) in [6.45, 7) is 0. The lowest BCUT2D eigenvalue weighted by Gasteiger charge is -2.11. The quantitative estimate of drug-likeness (QED) is 0.581. The number of nitrogens with zero attached hydrogens (tertiary/aromatic N) is 4. The number of benzene rings is 2. The van der Waals surface area contributed by atoms with Crippen molar-refractivity contribution >= 4 is 23.1 Å². The molecule has 134 valence electrons. The Morgan fingerprint density at radius 3 is 2.81 bits per heavy atom. The van der Waals surface area contributed by atoms with Crippen LogP contribution in [-0.4, -0.2) is 33.0 Å². The number of para-hydroxylation sites is 2. The molecule has 2 heterocycles. The standard InChI is InChI=1S/C19H16N6O2/c1-27-17-8-3-2-7-16(17)22-19(26)21-14-6-4-5-13(11-14)15-9-10-18-23-20-12-25(18)24-15/h2-12H,1H3,(H2,21,22,26). The Morgan fingerprint density at radius 1 is 1.04 bits per heavy atom. The van der Waals surface area contributed by atoms with Crippen LogP contribution in [0.2, 0.25) is 0 Å².